The molecule has 1 fully saturated rings. The molecule has 0 spiro atoms. The van der Waals surface area contributed by atoms with E-state index in [1.54, 1.807) is 7.05 Å². The monoisotopic (exact) mass is 178 g/mol. The number of halogens is 2. The third kappa shape index (κ3) is 1.59. The van der Waals surface area contributed by atoms with Gasteiger partial charge in [-0.25, -0.2) is 8.78 Å². The van der Waals surface area contributed by atoms with Gasteiger partial charge in [0.05, 0.1) is 5.54 Å². The highest BCUT2D eigenvalue weighted by molar-refractivity contribution is 4.98. The van der Waals surface area contributed by atoms with Gasteiger partial charge in [0.1, 0.15) is 0 Å². The number of nitrogens with one attached hydrogen (secondary N) is 1. The van der Waals surface area contributed by atoms with Crippen LogP contribution < -0.4 is 5.32 Å². The molecule has 12 heavy (non-hydrogen) atoms. The largest absolute Gasteiger partial charge is 0.308 e. The Morgan fingerprint density at radius 2 is 2.25 bits per heavy atom. The molecule has 1 aliphatic rings. The minimum atomic E-state index is -2.26. The first-order chi connectivity index (χ1) is 5.64. The Bertz CT molecular complexity index is 152. The molecule has 1 rings (SSSR count). The standard InChI is InChI=1S/C8H16F2N2/c1-3-12-5-4-8(6-12,11-2)7(9)10/h7,11H,3-6H2,1-2H3. The molecule has 0 aliphatic carbocycles. The maximum absolute atomic E-state index is 12.6. The van der Waals surface area contributed by atoms with Crippen molar-refractivity contribution in [2.45, 2.75) is 25.3 Å². The van der Waals surface area contributed by atoms with Crippen molar-refractivity contribution >= 4 is 0 Å². The summed E-state index contributed by atoms with van der Waals surface area (Å²) in [4.78, 5) is 2.04. The van der Waals surface area contributed by atoms with Crippen LogP contribution in [0.2, 0.25) is 0 Å². The van der Waals surface area contributed by atoms with E-state index in [1.807, 2.05) is 11.8 Å². The summed E-state index contributed by atoms with van der Waals surface area (Å²) < 4.78 is 25.2. The first-order valence-corrected chi connectivity index (χ1v) is 4.34. The van der Waals surface area contributed by atoms with E-state index in [1.165, 1.54) is 0 Å². The lowest BCUT2D eigenvalue weighted by atomic mass is 10.00. The minimum absolute atomic E-state index is 0.470. The van der Waals surface area contributed by atoms with E-state index >= 15 is 0 Å². The van der Waals surface area contributed by atoms with Gasteiger partial charge in [0.25, 0.3) is 6.43 Å². The Balaban J connectivity index is 2.59. The molecule has 0 saturated carbocycles. The molecule has 1 saturated heterocycles. The summed E-state index contributed by atoms with van der Waals surface area (Å²) in [5.41, 5.74) is -0.948. The van der Waals surface area contributed by atoms with E-state index in [-0.39, 0.29) is 0 Å². The van der Waals surface area contributed by atoms with Gasteiger partial charge >= 0.3 is 0 Å². The van der Waals surface area contributed by atoms with Crippen LogP contribution in [0.15, 0.2) is 0 Å². The maximum atomic E-state index is 12.6. The molecular weight excluding hydrogens is 162 g/mol. The van der Waals surface area contributed by atoms with Crippen LogP contribution in [0, 0.1) is 0 Å². The molecule has 1 N–H and O–H groups in total. The van der Waals surface area contributed by atoms with Crippen LogP contribution in [-0.2, 0) is 0 Å². The van der Waals surface area contributed by atoms with E-state index in [4.69, 9.17) is 0 Å². The van der Waals surface area contributed by atoms with Crippen LogP contribution >= 0.6 is 0 Å². The van der Waals surface area contributed by atoms with Gasteiger partial charge in [0.15, 0.2) is 0 Å². The molecular formula is C8H16F2N2. The van der Waals surface area contributed by atoms with Gasteiger partial charge in [-0.3, -0.25) is 0 Å². The first-order valence-electron chi connectivity index (χ1n) is 4.34. The average molecular weight is 178 g/mol. The van der Waals surface area contributed by atoms with E-state index in [0.29, 0.717) is 13.0 Å². The quantitative estimate of drug-likeness (QED) is 0.691. The zero-order valence-corrected chi connectivity index (χ0v) is 7.61. The van der Waals surface area contributed by atoms with Gasteiger partial charge in [-0.15, -0.1) is 0 Å². The molecule has 1 heterocycles. The van der Waals surface area contributed by atoms with Crippen molar-refractivity contribution in [2.24, 2.45) is 0 Å². The van der Waals surface area contributed by atoms with Gasteiger partial charge in [-0.05, 0) is 20.0 Å². The minimum Gasteiger partial charge on any atom is -0.308 e. The van der Waals surface area contributed by atoms with Crippen molar-refractivity contribution < 1.29 is 8.78 Å². The third-order valence-corrected chi connectivity index (χ3v) is 2.74. The van der Waals surface area contributed by atoms with E-state index < -0.39 is 12.0 Å². The molecule has 0 aromatic rings. The van der Waals surface area contributed by atoms with Crippen LogP contribution in [0.25, 0.3) is 0 Å². The fourth-order valence-electron chi connectivity index (χ4n) is 1.68. The molecule has 1 unspecified atom stereocenters. The summed E-state index contributed by atoms with van der Waals surface area (Å²) in [5, 5.41) is 2.75. The average Bonchev–Trinajstić information content (AvgIpc) is 2.48. The lowest BCUT2D eigenvalue weighted by molar-refractivity contribution is 0.0395. The number of likely N-dealkylation sites (N-methyl/N-ethyl adjacent to an activating group) is 2. The van der Waals surface area contributed by atoms with Crippen molar-refractivity contribution in [3.8, 4) is 0 Å². The van der Waals surface area contributed by atoms with E-state index in [2.05, 4.69) is 5.32 Å². The SMILES string of the molecule is CCN1CCC(NC)(C(F)F)C1. The fraction of sp³-hybridized carbons (Fsp3) is 1.00. The Morgan fingerprint density at radius 3 is 2.50 bits per heavy atom. The number of alkyl halides is 2. The Hall–Kier alpha value is -0.220. The number of likely N-dealkylation sites (tertiary alicyclic amines) is 1. The number of hydrogen-bond donors (Lipinski definition) is 1. The van der Waals surface area contributed by atoms with Crippen molar-refractivity contribution in [3.05, 3.63) is 0 Å². The summed E-state index contributed by atoms with van der Waals surface area (Å²) >= 11 is 0. The molecule has 72 valence electrons. The van der Waals surface area contributed by atoms with Crippen LogP contribution in [0.5, 0.6) is 0 Å². The summed E-state index contributed by atoms with van der Waals surface area (Å²) in [5.74, 6) is 0. The predicted molar refractivity (Wildman–Crippen MR) is 44.5 cm³/mol. The van der Waals surface area contributed by atoms with Gasteiger partial charge in [0.2, 0.25) is 0 Å². The fourth-order valence-corrected chi connectivity index (χ4v) is 1.68. The summed E-state index contributed by atoms with van der Waals surface area (Å²) in [6, 6.07) is 0. The van der Waals surface area contributed by atoms with Crippen molar-refractivity contribution in [3.63, 3.8) is 0 Å². The second-order valence-electron chi connectivity index (χ2n) is 3.33. The highest BCUT2D eigenvalue weighted by atomic mass is 19.3. The van der Waals surface area contributed by atoms with Crippen molar-refractivity contribution in [1.29, 1.82) is 0 Å². The van der Waals surface area contributed by atoms with Crippen LogP contribution in [-0.4, -0.2) is 43.5 Å². The molecule has 1 atom stereocenters. The van der Waals surface area contributed by atoms with Crippen LogP contribution in [0.3, 0.4) is 0 Å². The topological polar surface area (TPSA) is 15.3 Å². The second kappa shape index (κ2) is 3.66. The number of hydrogen-bond acceptors (Lipinski definition) is 2. The lowest BCUT2D eigenvalue weighted by Crippen LogP contribution is -2.51. The number of nitrogens with zero attached hydrogens (tertiary/aromatic N) is 1. The lowest BCUT2D eigenvalue weighted by Gasteiger charge is -2.27. The Labute approximate surface area is 71.9 Å². The predicted octanol–water partition coefficient (Wildman–Crippen LogP) is 0.935. The van der Waals surface area contributed by atoms with E-state index in [9.17, 15) is 8.78 Å². The highest BCUT2D eigenvalue weighted by Crippen LogP contribution is 2.27. The molecule has 4 heteroatoms. The Kier molecular flexibility index (Phi) is 3.01. The summed E-state index contributed by atoms with van der Waals surface area (Å²) in [7, 11) is 1.62. The first kappa shape index (κ1) is 9.86. The molecule has 2 nitrogen and oxygen atoms in total. The summed E-state index contributed by atoms with van der Waals surface area (Å²) in [6.07, 6.45) is -1.71. The van der Waals surface area contributed by atoms with Crippen LogP contribution in [0.1, 0.15) is 13.3 Å². The van der Waals surface area contributed by atoms with Gasteiger partial charge < -0.3 is 10.2 Å². The van der Waals surface area contributed by atoms with Crippen molar-refractivity contribution in [1.82, 2.24) is 10.2 Å². The van der Waals surface area contributed by atoms with Crippen LogP contribution in [0.4, 0.5) is 8.78 Å². The normalized spacial score (nSPS) is 31.8. The molecule has 0 aromatic heterocycles. The van der Waals surface area contributed by atoms with Gasteiger partial charge in [0, 0.05) is 13.1 Å². The van der Waals surface area contributed by atoms with Crippen molar-refractivity contribution in [2.75, 3.05) is 26.7 Å². The molecule has 1 aliphatic heterocycles. The molecule has 0 bridgehead atoms. The molecule has 0 aromatic carbocycles. The van der Waals surface area contributed by atoms with Gasteiger partial charge in [-0.2, -0.15) is 0 Å². The molecule has 0 radical (unpaired) electrons. The molecule has 0 amide bonds. The summed E-state index contributed by atoms with van der Waals surface area (Å²) in [6.45, 7) is 4.10. The highest BCUT2D eigenvalue weighted by Gasteiger charge is 2.43. The van der Waals surface area contributed by atoms with E-state index in [0.717, 1.165) is 13.1 Å². The number of rotatable bonds is 3. The third-order valence-electron chi connectivity index (χ3n) is 2.74. The smallest absolute Gasteiger partial charge is 0.257 e. The zero-order valence-electron chi connectivity index (χ0n) is 7.61. The second-order valence-corrected chi connectivity index (χ2v) is 3.33. The zero-order chi connectivity index (χ0) is 9.19. The van der Waals surface area contributed by atoms with Gasteiger partial charge in [-0.1, -0.05) is 6.92 Å². The Morgan fingerprint density at radius 1 is 1.58 bits per heavy atom. The maximum Gasteiger partial charge on any atom is 0.257 e.